The first-order valence-electron chi connectivity index (χ1n) is 5.70. The van der Waals surface area contributed by atoms with Gasteiger partial charge in [-0.2, -0.15) is 0 Å². The van der Waals surface area contributed by atoms with Gasteiger partial charge in [0.2, 0.25) is 0 Å². The van der Waals surface area contributed by atoms with Crippen molar-refractivity contribution in [1.82, 2.24) is 0 Å². The van der Waals surface area contributed by atoms with Gasteiger partial charge in [-0.3, -0.25) is 0 Å². The Morgan fingerprint density at radius 2 is 1.88 bits per heavy atom. The molecule has 0 bridgehead atoms. The largest absolute Gasteiger partial charge is 0.372 e. The van der Waals surface area contributed by atoms with E-state index in [-0.39, 0.29) is 6.10 Å². The second-order valence-electron chi connectivity index (χ2n) is 4.33. The maximum absolute atomic E-state index is 5.79. The van der Waals surface area contributed by atoms with Crippen molar-refractivity contribution < 1.29 is 4.74 Å². The molecule has 1 unspecified atom stereocenters. The van der Waals surface area contributed by atoms with E-state index in [1.807, 2.05) is 12.1 Å². The molecule has 0 aromatic heterocycles. The van der Waals surface area contributed by atoms with Crippen LogP contribution in [0.4, 0.5) is 0 Å². The molecule has 2 N–H and O–H groups in total. The van der Waals surface area contributed by atoms with Gasteiger partial charge in [0.25, 0.3) is 0 Å². The van der Waals surface area contributed by atoms with Crippen LogP contribution in [0.15, 0.2) is 28.7 Å². The van der Waals surface area contributed by atoms with Gasteiger partial charge >= 0.3 is 0 Å². The van der Waals surface area contributed by atoms with E-state index in [0.717, 1.165) is 23.1 Å². The van der Waals surface area contributed by atoms with Gasteiger partial charge in [-0.15, -0.1) is 0 Å². The maximum atomic E-state index is 5.79. The highest BCUT2D eigenvalue weighted by atomic mass is 79.9. The predicted molar refractivity (Wildman–Crippen MR) is 71.3 cm³/mol. The minimum atomic E-state index is 0.0202. The van der Waals surface area contributed by atoms with Crippen molar-refractivity contribution in [2.75, 3.05) is 13.2 Å². The molecule has 0 fully saturated rings. The van der Waals surface area contributed by atoms with Gasteiger partial charge in [-0.05, 0) is 30.0 Å². The third-order valence-electron chi connectivity index (χ3n) is 2.47. The Kier molecular flexibility index (Phi) is 6.03. The number of hydrogen-bond donors (Lipinski definition) is 1. The van der Waals surface area contributed by atoms with Gasteiger partial charge in [0.15, 0.2) is 0 Å². The lowest BCUT2D eigenvalue weighted by Crippen LogP contribution is -2.17. The zero-order chi connectivity index (χ0) is 12.0. The summed E-state index contributed by atoms with van der Waals surface area (Å²) in [6, 6.07) is 8.14. The van der Waals surface area contributed by atoms with Crippen molar-refractivity contribution in [2.45, 2.75) is 26.4 Å². The lowest BCUT2D eigenvalue weighted by molar-refractivity contribution is 0.0515. The van der Waals surface area contributed by atoms with Crippen LogP contribution >= 0.6 is 15.9 Å². The molecule has 16 heavy (non-hydrogen) atoms. The van der Waals surface area contributed by atoms with Crippen molar-refractivity contribution >= 4 is 15.9 Å². The summed E-state index contributed by atoms with van der Waals surface area (Å²) in [6.07, 6.45) is 1.10. The molecule has 0 aliphatic heterocycles. The van der Waals surface area contributed by atoms with E-state index >= 15 is 0 Å². The Balaban J connectivity index is 2.50. The second kappa shape index (κ2) is 7.05. The SMILES string of the molecule is CC(C)CCOC(CN)c1ccc(Br)cc1. The molecular formula is C13H20BrNO. The molecule has 1 aromatic rings. The summed E-state index contributed by atoms with van der Waals surface area (Å²) < 4.78 is 6.87. The van der Waals surface area contributed by atoms with Crippen LogP contribution in [0, 0.1) is 5.92 Å². The average Bonchev–Trinajstić information content (AvgIpc) is 2.26. The lowest BCUT2D eigenvalue weighted by atomic mass is 10.1. The molecule has 1 atom stereocenters. The molecule has 0 spiro atoms. The van der Waals surface area contributed by atoms with Crippen LogP contribution < -0.4 is 5.73 Å². The normalized spacial score (nSPS) is 13.1. The Morgan fingerprint density at radius 3 is 2.38 bits per heavy atom. The molecule has 0 radical (unpaired) electrons. The highest BCUT2D eigenvalue weighted by Crippen LogP contribution is 2.19. The first-order valence-corrected chi connectivity index (χ1v) is 6.50. The highest BCUT2D eigenvalue weighted by molar-refractivity contribution is 9.10. The zero-order valence-corrected chi connectivity index (χ0v) is 11.5. The molecular weight excluding hydrogens is 266 g/mol. The molecule has 0 amide bonds. The van der Waals surface area contributed by atoms with Gasteiger partial charge in [-0.1, -0.05) is 41.9 Å². The van der Waals surface area contributed by atoms with Crippen LogP contribution in [0.1, 0.15) is 31.9 Å². The van der Waals surface area contributed by atoms with E-state index in [2.05, 4.69) is 41.9 Å². The van der Waals surface area contributed by atoms with Crippen LogP contribution in [0.5, 0.6) is 0 Å². The minimum absolute atomic E-state index is 0.0202. The Labute approximate surface area is 106 Å². The molecule has 0 aliphatic carbocycles. The number of ether oxygens (including phenoxy) is 1. The zero-order valence-electron chi connectivity index (χ0n) is 9.95. The van der Waals surface area contributed by atoms with E-state index < -0.39 is 0 Å². The predicted octanol–water partition coefficient (Wildman–Crippen LogP) is 3.51. The topological polar surface area (TPSA) is 35.2 Å². The molecule has 1 rings (SSSR count). The fourth-order valence-electron chi connectivity index (χ4n) is 1.42. The van der Waals surface area contributed by atoms with Crippen LogP contribution in [-0.2, 0) is 4.74 Å². The van der Waals surface area contributed by atoms with Crippen LogP contribution in [0.2, 0.25) is 0 Å². The van der Waals surface area contributed by atoms with Crippen molar-refractivity contribution in [3.63, 3.8) is 0 Å². The van der Waals surface area contributed by atoms with Crippen LogP contribution in [-0.4, -0.2) is 13.2 Å². The number of nitrogens with two attached hydrogens (primary N) is 1. The summed E-state index contributed by atoms with van der Waals surface area (Å²) >= 11 is 3.42. The number of hydrogen-bond acceptors (Lipinski definition) is 2. The maximum Gasteiger partial charge on any atom is 0.0947 e. The van der Waals surface area contributed by atoms with E-state index in [0.29, 0.717) is 12.5 Å². The average molecular weight is 286 g/mol. The second-order valence-corrected chi connectivity index (χ2v) is 5.24. The third kappa shape index (κ3) is 4.64. The van der Waals surface area contributed by atoms with Crippen LogP contribution in [0.3, 0.4) is 0 Å². The van der Waals surface area contributed by atoms with E-state index in [9.17, 15) is 0 Å². The van der Waals surface area contributed by atoms with Gasteiger partial charge < -0.3 is 10.5 Å². The monoisotopic (exact) mass is 285 g/mol. The summed E-state index contributed by atoms with van der Waals surface area (Å²) in [5.74, 6) is 0.670. The quantitative estimate of drug-likeness (QED) is 0.868. The molecule has 0 heterocycles. The van der Waals surface area contributed by atoms with Crippen LogP contribution in [0.25, 0.3) is 0 Å². The number of benzene rings is 1. The van der Waals surface area contributed by atoms with E-state index in [1.54, 1.807) is 0 Å². The molecule has 0 aliphatic rings. The smallest absolute Gasteiger partial charge is 0.0947 e. The summed E-state index contributed by atoms with van der Waals surface area (Å²) in [5, 5.41) is 0. The molecule has 1 aromatic carbocycles. The Morgan fingerprint density at radius 1 is 1.25 bits per heavy atom. The molecule has 0 saturated carbocycles. The fraction of sp³-hybridized carbons (Fsp3) is 0.538. The van der Waals surface area contributed by atoms with Gasteiger partial charge in [0.05, 0.1) is 6.10 Å². The first-order chi connectivity index (χ1) is 7.63. The van der Waals surface area contributed by atoms with Gasteiger partial charge in [0.1, 0.15) is 0 Å². The summed E-state index contributed by atoms with van der Waals surface area (Å²) in [5.41, 5.74) is 6.87. The minimum Gasteiger partial charge on any atom is -0.372 e. The fourth-order valence-corrected chi connectivity index (χ4v) is 1.69. The number of halogens is 1. The Hall–Kier alpha value is -0.380. The molecule has 0 saturated heterocycles. The summed E-state index contributed by atoms with van der Waals surface area (Å²) in [6.45, 7) is 5.69. The van der Waals surface area contributed by atoms with E-state index in [1.165, 1.54) is 0 Å². The molecule has 90 valence electrons. The lowest BCUT2D eigenvalue weighted by Gasteiger charge is -2.17. The van der Waals surface area contributed by atoms with Crippen molar-refractivity contribution in [3.05, 3.63) is 34.3 Å². The van der Waals surface area contributed by atoms with Gasteiger partial charge in [0, 0.05) is 17.6 Å². The Bertz CT molecular complexity index is 297. The van der Waals surface area contributed by atoms with Gasteiger partial charge in [-0.25, -0.2) is 0 Å². The number of rotatable bonds is 6. The molecule has 3 heteroatoms. The summed E-state index contributed by atoms with van der Waals surface area (Å²) in [4.78, 5) is 0. The standard InChI is InChI=1S/C13H20BrNO/c1-10(2)7-8-16-13(9-15)11-3-5-12(14)6-4-11/h3-6,10,13H,7-9,15H2,1-2H3. The molecule has 2 nitrogen and oxygen atoms in total. The summed E-state index contributed by atoms with van der Waals surface area (Å²) in [7, 11) is 0. The highest BCUT2D eigenvalue weighted by Gasteiger charge is 2.09. The van der Waals surface area contributed by atoms with E-state index in [4.69, 9.17) is 10.5 Å². The van der Waals surface area contributed by atoms with Crippen molar-refractivity contribution in [1.29, 1.82) is 0 Å². The third-order valence-corrected chi connectivity index (χ3v) is 3.00. The first kappa shape index (κ1) is 13.7. The van der Waals surface area contributed by atoms with Crippen molar-refractivity contribution in [3.8, 4) is 0 Å². The van der Waals surface area contributed by atoms with Crippen molar-refractivity contribution in [2.24, 2.45) is 11.7 Å².